The Hall–Kier alpha value is -1.26. The second kappa shape index (κ2) is 6.66. The number of hydrogen-bond donors (Lipinski definition) is 1. The van der Waals surface area contributed by atoms with Gasteiger partial charge in [0.05, 0.1) is 5.41 Å². The maximum Gasteiger partial charge on any atom is 0.228 e. The zero-order chi connectivity index (χ0) is 19.4. The van der Waals surface area contributed by atoms with E-state index in [0.717, 1.165) is 37.7 Å². The summed E-state index contributed by atoms with van der Waals surface area (Å²) in [6.45, 7) is 2.06. The van der Waals surface area contributed by atoms with Gasteiger partial charge in [0.1, 0.15) is 0 Å². The number of benzene rings is 1. The molecule has 0 spiro atoms. The number of carbonyl (C=O) groups excluding carboxylic acids is 2. The maximum atomic E-state index is 13.6. The van der Waals surface area contributed by atoms with Gasteiger partial charge in [-0.05, 0) is 68.1 Å². The van der Waals surface area contributed by atoms with Gasteiger partial charge in [0.25, 0.3) is 0 Å². The quantitative estimate of drug-likeness (QED) is 0.800. The average molecular weight is 409 g/mol. The molecule has 4 aliphatic rings. The molecule has 4 fully saturated rings. The molecule has 1 aromatic rings. The van der Waals surface area contributed by atoms with Crippen LogP contribution in [0.5, 0.6) is 0 Å². The van der Waals surface area contributed by atoms with Crippen LogP contribution in [-0.4, -0.2) is 29.3 Å². The molecule has 0 radical (unpaired) electrons. The van der Waals surface area contributed by atoms with E-state index in [9.17, 15) is 9.59 Å². The summed E-state index contributed by atoms with van der Waals surface area (Å²) in [6, 6.07) is 5.40. The summed E-state index contributed by atoms with van der Waals surface area (Å²) >= 11 is 12.3. The Morgan fingerprint density at radius 1 is 1.19 bits per heavy atom. The van der Waals surface area contributed by atoms with Gasteiger partial charge in [-0.1, -0.05) is 29.3 Å². The first-order valence-electron chi connectivity index (χ1n) is 9.69. The first-order chi connectivity index (χ1) is 12.7. The fourth-order valence-electron chi connectivity index (χ4n) is 6.41. The van der Waals surface area contributed by atoms with Crippen LogP contribution in [0.2, 0.25) is 10.0 Å². The standard InChI is InChI=1S/C21H26Cl2N2O2/c1-13(26)24-21-9-14-5-15(10-21)8-20(7-14,12-21)19(27)25(2)11-16-3-4-17(22)6-18(16)23/h3-4,6,14-15H,5,7-12H2,1-2H3,(H,24,26). The molecule has 146 valence electrons. The lowest BCUT2D eigenvalue weighted by molar-refractivity contribution is -0.162. The molecule has 4 saturated carbocycles. The molecule has 4 aliphatic carbocycles. The van der Waals surface area contributed by atoms with Gasteiger partial charge in [-0.15, -0.1) is 0 Å². The van der Waals surface area contributed by atoms with Crippen molar-refractivity contribution in [3.05, 3.63) is 33.8 Å². The smallest absolute Gasteiger partial charge is 0.228 e. The van der Waals surface area contributed by atoms with Crippen LogP contribution >= 0.6 is 23.2 Å². The Labute approximate surface area is 170 Å². The highest BCUT2D eigenvalue weighted by Gasteiger charge is 2.61. The first kappa shape index (κ1) is 19.1. The Bertz CT molecular complexity index is 780. The predicted molar refractivity (Wildman–Crippen MR) is 107 cm³/mol. The molecular formula is C21H26Cl2N2O2. The highest BCUT2D eigenvalue weighted by atomic mass is 35.5. The van der Waals surface area contributed by atoms with Crippen molar-refractivity contribution in [3.63, 3.8) is 0 Å². The lowest BCUT2D eigenvalue weighted by atomic mass is 9.46. The Kier molecular flexibility index (Phi) is 4.71. The number of amides is 2. The molecule has 0 heterocycles. The third-order valence-electron chi connectivity index (χ3n) is 6.73. The van der Waals surface area contributed by atoms with Crippen molar-refractivity contribution in [1.29, 1.82) is 0 Å². The van der Waals surface area contributed by atoms with Crippen LogP contribution in [-0.2, 0) is 16.1 Å². The number of rotatable bonds is 4. The van der Waals surface area contributed by atoms with Crippen molar-refractivity contribution in [2.45, 2.75) is 57.5 Å². The van der Waals surface area contributed by atoms with Gasteiger partial charge in [0.15, 0.2) is 0 Å². The van der Waals surface area contributed by atoms with Crippen molar-refractivity contribution in [2.75, 3.05) is 7.05 Å². The summed E-state index contributed by atoms with van der Waals surface area (Å²) in [7, 11) is 1.86. The molecule has 5 rings (SSSR count). The largest absolute Gasteiger partial charge is 0.351 e. The molecule has 2 unspecified atom stereocenters. The minimum Gasteiger partial charge on any atom is -0.351 e. The number of halogens is 2. The SMILES string of the molecule is CC(=O)NC12CC3CC(C1)CC(C(=O)N(C)Cc1ccc(Cl)cc1Cl)(C3)C2. The second-order valence-corrected chi connectivity index (χ2v) is 9.94. The third-order valence-corrected chi connectivity index (χ3v) is 7.31. The highest BCUT2D eigenvalue weighted by Crippen LogP contribution is 2.62. The molecule has 4 nitrogen and oxygen atoms in total. The van der Waals surface area contributed by atoms with Crippen molar-refractivity contribution < 1.29 is 9.59 Å². The summed E-state index contributed by atoms with van der Waals surface area (Å²) in [6.07, 6.45) is 5.90. The van der Waals surface area contributed by atoms with E-state index in [4.69, 9.17) is 23.2 Å². The molecule has 2 amide bonds. The highest BCUT2D eigenvalue weighted by molar-refractivity contribution is 6.35. The van der Waals surface area contributed by atoms with E-state index in [-0.39, 0.29) is 22.8 Å². The topological polar surface area (TPSA) is 49.4 Å². The molecule has 4 bridgehead atoms. The van der Waals surface area contributed by atoms with E-state index >= 15 is 0 Å². The first-order valence-corrected chi connectivity index (χ1v) is 10.4. The number of carbonyl (C=O) groups is 2. The second-order valence-electron chi connectivity index (χ2n) is 9.10. The summed E-state index contributed by atoms with van der Waals surface area (Å²) in [5.41, 5.74) is 0.364. The summed E-state index contributed by atoms with van der Waals surface area (Å²) < 4.78 is 0. The van der Waals surface area contributed by atoms with E-state index in [1.807, 2.05) is 18.0 Å². The fraction of sp³-hybridized carbons (Fsp3) is 0.619. The van der Waals surface area contributed by atoms with Gasteiger partial charge >= 0.3 is 0 Å². The van der Waals surface area contributed by atoms with Gasteiger partial charge in [0, 0.05) is 36.1 Å². The minimum absolute atomic E-state index is 0.0147. The van der Waals surface area contributed by atoms with E-state index in [1.165, 1.54) is 6.42 Å². The Morgan fingerprint density at radius 2 is 1.85 bits per heavy atom. The third kappa shape index (κ3) is 3.47. The number of hydrogen-bond acceptors (Lipinski definition) is 2. The summed E-state index contributed by atoms with van der Waals surface area (Å²) in [4.78, 5) is 27.2. The van der Waals surface area contributed by atoms with Gasteiger partial charge in [-0.2, -0.15) is 0 Å². The van der Waals surface area contributed by atoms with Crippen LogP contribution in [0, 0.1) is 17.3 Å². The van der Waals surface area contributed by atoms with Crippen molar-refractivity contribution >= 4 is 35.0 Å². The van der Waals surface area contributed by atoms with Crippen LogP contribution < -0.4 is 5.32 Å². The fourth-order valence-corrected chi connectivity index (χ4v) is 6.88. The van der Waals surface area contributed by atoms with Gasteiger partial charge in [0.2, 0.25) is 11.8 Å². The van der Waals surface area contributed by atoms with E-state index in [1.54, 1.807) is 19.1 Å². The molecule has 1 N–H and O–H groups in total. The lowest BCUT2D eigenvalue weighted by Crippen LogP contribution is -2.65. The predicted octanol–water partition coefficient (Wildman–Crippen LogP) is 4.43. The summed E-state index contributed by atoms with van der Waals surface area (Å²) in [5, 5.41) is 4.40. The number of nitrogens with one attached hydrogen (secondary N) is 1. The van der Waals surface area contributed by atoms with Crippen LogP contribution in [0.25, 0.3) is 0 Å². The molecule has 27 heavy (non-hydrogen) atoms. The van der Waals surface area contributed by atoms with Crippen molar-refractivity contribution in [2.24, 2.45) is 17.3 Å². The normalized spacial score (nSPS) is 33.8. The van der Waals surface area contributed by atoms with Gasteiger partial charge in [-0.25, -0.2) is 0 Å². The average Bonchev–Trinajstić information content (AvgIpc) is 2.54. The molecule has 0 aliphatic heterocycles. The molecule has 6 heteroatoms. The Balaban J connectivity index is 1.56. The zero-order valence-corrected chi connectivity index (χ0v) is 17.4. The van der Waals surface area contributed by atoms with Crippen molar-refractivity contribution in [1.82, 2.24) is 10.2 Å². The zero-order valence-electron chi connectivity index (χ0n) is 15.9. The van der Waals surface area contributed by atoms with Crippen LogP contribution in [0.15, 0.2) is 18.2 Å². The minimum atomic E-state index is -0.347. The monoisotopic (exact) mass is 408 g/mol. The van der Waals surface area contributed by atoms with Crippen molar-refractivity contribution in [3.8, 4) is 0 Å². The number of nitrogens with zero attached hydrogens (tertiary/aromatic N) is 1. The lowest BCUT2D eigenvalue weighted by Gasteiger charge is -2.61. The summed E-state index contributed by atoms with van der Waals surface area (Å²) in [5.74, 6) is 1.28. The Morgan fingerprint density at radius 3 is 2.44 bits per heavy atom. The van der Waals surface area contributed by atoms with Crippen LogP contribution in [0.3, 0.4) is 0 Å². The van der Waals surface area contributed by atoms with E-state index in [2.05, 4.69) is 5.32 Å². The molecular weight excluding hydrogens is 383 g/mol. The molecule has 0 aromatic heterocycles. The molecule has 1 aromatic carbocycles. The van der Waals surface area contributed by atoms with Crippen LogP contribution in [0.4, 0.5) is 0 Å². The maximum absolute atomic E-state index is 13.6. The molecule has 2 atom stereocenters. The van der Waals surface area contributed by atoms with Crippen LogP contribution in [0.1, 0.15) is 51.0 Å². The van der Waals surface area contributed by atoms with E-state index in [0.29, 0.717) is 28.4 Å². The van der Waals surface area contributed by atoms with E-state index < -0.39 is 0 Å². The van der Waals surface area contributed by atoms with Gasteiger partial charge < -0.3 is 10.2 Å². The van der Waals surface area contributed by atoms with Gasteiger partial charge in [-0.3, -0.25) is 9.59 Å². The molecule has 0 saturated heterocycles.